The highest BCUT2D eigenvalue weighted by molar-refractivity contribution is 5.94. The molecule has 0 unspecified atom stereocenters. The zero-order valence-electron chi connectivity index (χ0n) is 15.6. The van der Waals surface area contributed by atoms with Crippen LogP contribution < -0.4 is 5.32 Å². The van der Waals surface area contributed by atoms with Crippen molar-refractivity contribution in [2.45, 2.75) is 13.3 Å². The second-order valence-corrected chi connectivity index (χ2v) is 6.85. The largest absolute Gasteiger partial charge is 0.340 e. The maximum absolute atomic E-state index is 12.9. The van der Waals surface area contributed by atoms with Crippen molar-refractivity contribution in [2.75, 3.05) is 59.9 Å². The van der Waals surface area contributed by atoms with Crippen molar-refractivity contribution in [3.63, 3.8) is 0 Å². The number of carbonyl (C=O) groups excluding carboxylic acids is 2. The Kier molecular flexibility index (Phi) is 7.40. The first-order valence-corrected chi connectivity index (χ1v) is 8.96. The van der Waals surface area contributed by atoms with E-state index < -0.39 is 0 Å². The highest BCUT2D eigenvalue weighted by Gasteiger charge is 2.20. The summed E-state index contributed by atoms with van der Waals surface area (Å²) in [5, 5.41) is 3.25. The van der Waals surface area contributed by atoms with Crippen LogP contribution in [0.3, 0.4) is 0 Å². The highest BCUT2D eigenvalue weighted by atomic mass is 16.2. The monoisotopic (exact) mass is 346 g/mol. The topological polar surface area (TPSA) is 55.9 Å². The lowest BCUT2D eigenvalue weighted by Crippen LogP contribution is -2.47. The first-order valence-electron chi connectivity index (χ1n) is 8.96. The number of piperazine rings is 1. The van der Waals surface area contributed by atoms with E-state index in [-0.39, 0.29) is 11.8 Å². The zero-order chi connectivity index (χ0) is 18.2. The molecule has 2 rings (SSSR count). The van der Waals surface area contributed by atoms with Gasteiger partial charge in [0.25, 0.3) is 5.91 Å². The Labute approximate surface area is 150 Å². The van der Waals surface area contributed by atoms with Crippen molar-refractivity contribution in [2.24, 2.45) is 0 Å². The number of hydrogen-bond donors (Lipinski definition) is 1. The van der Waals surface area contributed by atoms with E-state index in [2.05, 4.69) is 10.2 Å². The maximum atomic E-state index is 12.9. The molecule has 1 aromatic carbocycles. The van der Waals surface area contributed by atoms with E-state index in [0.717, 1.165) is 38.3 Å². The molecular formula is C19H30N4O2. The van der Waals surface area contributed by atoms with Crippen LogP contribution in [0.1, 0.15) is 22.3 Å². The number of rotatable bonds is 7. The molecule has 1 aromatic rings. The Morgan fingerprint density at radius 3 is 2.48 bits per heavy atom. The molecule has 6 nitrogen and oxygen atoms in total. The number of nitrogens with zero attached hydrogens (tertiary/aromatic N) is 3. The van der Waals surface area contributed by atoms with Crippen LogP contribution in [0, 0.1) is 6.92 Å². The van der Waals surface area contributed by atoms with Gasteiger partial charge in [0.15, 0.2) is 0 Å². The van der Waals surface area contributed by atoms with Gasteiger partial charge < -0.3 is 20.0 Å². The SMILES string of the molecule is Cc1cccc(C(=O)N(CCC(=O)N2CCNCC2)CCN(C)C)c1. The van der Waals surface area contributed by atoms with Crippen LogP contribution in [0.2, 0.25) is 0 Å². The highest BCUT2D eigenvalue weighted by Crippen LogP contribution is 2.09. The third kappa shape index (κ3) is 6.14. The average molecular weight is 346 g/mol. The van der Waals surface area contributed by atoms with Gasteiger partial charge in [0.1, 0.15) is 0 Å². The van der Waals surface area contributed by atoms with Gasteiger partial charge in [-0.25, -0.2) is 0 Å². The second-order valence-electron chi connectivity index (χ2n) is 6.85. The number of likely N-dealkylation sites (N-methyl/N-ethyl adjacent to an activating group) is 1. The molecule has 0 spiro atoms. The predicted octanol–water partition coefficient (Wildman–Crippen LogP) is 0.821. The van der Waals surface area contributed by atoms with Crippen molar-refractivity contribution in [1.29, 1.82) is 0 Å². The van der Waals surface area contributed by atoms with E-state index in [1.54, 1.807) is 4.90 Å². The fourth-order valence-electron chi connectivity index (χ4n) is 2.90. The first-order chi connectivity index (χ1) is 12.0. The quantitative estimate of drug-likeness (QED) is 0.794. The maximum Gasteiger partial charge on any atom is 0.253 e. The molecule has 1 N–H and O–H groups in total. The molecule has 1 aliphatic heterocycles. The van der Waals surface area contributed by atoms with Crippen molar-refractivity contribution >= 4 is 11.8 Å². The Hall–Kier alpha value is -1.92. The van der Waals surface area contributed by atoms with Gasteiger partial charge in [-0.05, 0) is 33.2 Å². The molecule has 0 aliphatic carbocycles. The molecule has 1 fully saturated rings. The molecule has 1 aliphatic rings. The Bertz CT molecular complexity index is 583. The van der Waals surface area contributed by atoms with Crippen LogP contribution in [0.25, 0.3) is 0 Å². The minimum absolute atomic E-state index is 0.00124. The summed E-state index contributed by atoms with van der Waals surface area (Å²) in [5.41, 5.74) is 1.75. The van der Waals surface area contributed by atoms with Crippen molar-refractivity contribution in [1.82, 2.24) is 20.0 Å². The molecule has 0 saturated carbocycles. The van der Waals surface area contributed by atoms with Crippen LogP contribution in [0.5, 0.6) is 0 Å². The lowest BCUT2D eigenvalue weighted by molar-refractivity contribution is -0.131. The van der Waals surface area contributed by atoms with Crippen LogP contribution in [-0.2, 0) is 4.79 Å². The number of benzene rings is 1. The number of aryl methyl sites for hydroxylation is 1. The van der Waals surface area contributed by atoms with Crippen molar-refractivity contribution < 1.29 is 9.59 Å². The molecule has 6 heteroatoms. The molecule has 25 heavy (non-hydrogen) atoms. The van der Waals surface area contributed by atoms with Gasteiger partial charge in [-0.15, -0.1) is 0 Å². The van der Waals surface area contributed by atoms with Gasteiger partial charge in [0, 0.05) is 57.8 Å². The summed E-state index contributed by atoms with van der Waals surface area (Å²) in [5.74, 6) is 0.132. The Balaban J connectivity index is 1.99. The summed E-state index contributed by atoms with van der Waals surface area (Å²) in [6.45, 7) is 7.04. The fourth-order valence-corrected chi connectivity index (χ4v) is 2.90. The van der Waals surface area contributed by atoms with Gasteiger partial charge in [-0.1, -0.05) is 17.7 Å². The molecule has 0 atom stereocenters. The minimum atomic E-state index is -0.00124. The second kappa shape index (κ2) is 9.53. The summed E-state index contributed by atoms with van der Waals surface area (Å²) < 4.78 is 0. The minimum Gasteiger partial charge on any atom is -0.340 e. The first kappa shape index (κ1) is 19.4. The van der Waals surface area contributed by atoms with Gasteiger partial charge in [-0.2, -0.15) is 0 Å². The van der Waals surface area contributed by atoms with E-state index in [0.29, 0.717) is 25.1 Å². The van der Waals surface area contributed by atoms with Crippen molar-refractivity contribution in [3.8, 4) is 0 Å². The standard InChI is InChI=1S/C19H30N4O2/c1-16-5-4-6-17(15-16)19(25)23(14-13-21(2)3)10-7-18(24)22-11-8-20-9-12-22/h4-6,15,20H,7-14H2,1-3H3. The molecule has 0 aromatic heterocycles. The molecule has 2 amide bonds. The molecule has 0 bridgehead atoms. The van der Waals surface area contributed by atoms with Crippen molar-refractivity contribution in [3.05, 3.63) is 35.4 Å². The van der Waals surface area contributed by atoms with Gasteiger partial charge in [0.05, 0.1) is 0 Å². The fraction of sp³-hybridized carbons (Fsp3) is 0.579. The third-order valence-corrected chi connectivity index (χ3v) is 4.43. The van der Waals surface area contributed by atoms with Crippen LogP contribution >= 0.6 is 0 Å². The van der Waals surface area contributed by atoms with Gasteiger partial charge in [-0.3, -0.25) is 9.59 Å². The number of hydrogen-bond acceptors (Lipinski definition) is 4. The van der Waals surface area contributed by atoms with Gasteiger partial charge >= 0.3 is 0 Å². The third-order valence-electron chi connectivity index (χ3n) is 4.43. The zero-order valence-corrected chi connectivity index (χ0v) is 15.6. The molecular weight excluding hydrogens is 316 g/mol. The van der Waals surface area contributed by atoms with Crippen LogP contribution in [-0.4, -0.2) is 86.4 Å². The van der Waals surface area contributed by atoms with E-state index in [4.69, 9.17) is 0 Å². The Morgan fingerprint density at radius 1 is 1.12 bits per heavy atom. The van der Waals surface area contributed by atoms with Crippen LogP contribution in [0.4, 0.5) is 0 Å². The summed E-state index contributed by atoms with van der Waals surface area (Å²) in [6.07, 6.45) is 0.380. The Morgan fingerprint density at radius 2 is 1.84 bits per heavy atom. The summed E-state index contributed by atoms with van der Waals surface area (Å²) in [6, 6.07) is 7.63. The lowest BCUT2D eigenvalue weighted by atomic mass is 10.1. The van der Waals surface area contributed by atoms with E-state index >= 15 is 0 Å². The van der Waals surface area contributed by atoms with E-state index in [9.17, 15) is 9.59 Å². The number of nitrogens with one attached hydrogen (secondary N) is 1. The smallest absolute Gasteiger partial charge is 0.253 e. The summed E-state index contributed by atoms with van der Waals surface area (Å²) >= 11 is 0. The number of carbonyl (C=O) groups is 2. The van der Waals surface area contributed by atoms with Crippen LogP contribution in [0.15, 0.2) is 24.3 Å². The average Bonchev–Trinajstić information content (AvgIpc) is 2.61. The molecule has 138 valence electrons. The normalized spacial score (nSPS) is 14.6. The molecule has 0 radical (unpaired) electrons. The predicted molar refractivity (Wildman–Crippen MR) is 99.7 cm³/mol. The molecule has 1 heterocycles. The summed E-state index contributed by atoms with van der Waals surface area (Å²) in [7, 11) is 3.97. The van der Waals surface area contributed by atoms with E-state index in [1.165, 1.54) is 0 Å². The molecule has 1 saturated heterocycles. The number of amides is 2. The lowest BCUT2D eigenvalue weighted by Gasteiger charge is -2.29. The van der Waals surface area contributed by atoms with Gasteiger partial charge in [0.2, 0.25) is 5.91 Å². The van der Waals surface area contributed by atoms with E-state index in [1.807, 2.05) is 50.2 Å². The summed E-state index contributed by atoms with van der Waals surface area (Å²) in [4.78, 5) is 31.0.